The van der Waals surface area contributed by atoms with E-state index in [1.807, 2.05) is 0 Å². The minimum atomic E-state index is -2.23. The molecule has 20 heavy (non-hydrogen) atoms. The standard InChI is InChI=1S/C6H7O.3C4H9.Sn/c7-6-4-2-1-3-5-6;3*1-3-4-2;/h5H,1-2,4H2;3*1,3-4H2,2H3;. The van der Waals surface area contributed by atoms with Crippen LogP contribution < -0.4 is 0 Å². The molecule has 0 aromatic rings. The molecule has 116 valence electrons. The summed E-state index contributed by atoms with van der Waals surface area (Å²) in [5, 5.41) is 0. The van der Waals surface area contributed by atoms with Gasteiger partial charge in [-0.05, 0) is 0 Å². The van der Waals surface area contributed by atoms with Crippen LogP contribution in [0, 0.1) is 0 Å². The third-order valence-corrected chi connectivity index (χ3v) is 21.1. The Labute approximate surface area is 130 Å². The molecular formula is C18H34OSn. The van der Waals surface area contributed by atoms with Gasteiger partial charge >= 0.3 is 130 Å². The molecule has 0 saturated carbocycles. The van der Waals surface area contributed by atoms with Crippen molar-refractivity contribution in [1.29, 1.82) is 0 Å². The summed E-state index contributed by atoms with van der Waals surface area (Å²) in [6.45, 7) is 6.95. The minimum absolute atomic E-state index is 0.428. The van der Waals surface area contributed by atoms with Gasteiger partial charge in [-0.15, -0.1) is 0 Å². The van der Waals surface area contributed by atoms with Crippen molar-refractivity contribution >= 4 is 24.2 Å². The molecule has 1 nitrogen and oxygen atoms in total. The van der Waals surface area contributed by atoms with Gasteiger partial charge in [-0.2, -0.15) is 0 Å². The van der Waals surface area contributed by atoms with Crippen LogP contribution in [-0.4, -0.2) is 24.2 Å². The van der Waals surface area contributed by atoms with Crippen molar-refractivity contribution in [2.24, 2.45) is 0 Å². The molecule has 0 saturated heterocycles. The van der Waals surface area contributed by atoms with Gasteiger partial charge in [0, 0.05) is 0 Å². The molecular weight excluding hydrogens is 351 g/mol. The van der Waals surface area contributed by atoms with Crippen molar-refractivity contribution in [1.82, 2.24) is 0 Å². The second-order valence-electron chi connectivity index (χ2n) is 6.58. The molecule has 0 aromatic carbocycles. The molecule has 0 amide bonds. The molecule has 0 atom stereocenters. The van der Waals surface area contributed by atoms with Crippen molar-refractivity contribution in [2.75, 3.05) is 0 Å². The van der Waals surface area contributed by atoms with Gasteiger partial charge in [0.2, 0.25) is 0 Å². The zero-order valence-corrected chi connectivity index (χ0v) is 16.8. The van der Waals surface area contributed by atoms with Gasteiger partial charge in [-0.1, -0.05) is 0 Å². The van der Waals surface area contributed by atoms with Crippen LogP contribution in [0.4, 0.5) is 0 Å². The Hall–Kier alpha value is 0.209. The van der Waals surface area contributed by atoms with Crippen molar-refractivity contribution < 1.29 is 4.79 Å². The number of hydrogen-bond donors (Lipinski definition) is 0. The summed E-state index contributed by atoms with van der Waals surface area (Å²) < 4.78 is 6.23. The average Bonchev–Trinajstić information content (AvgIpc) is 2.47. The molecule has 1 aliphatic rings. The normalized spacial score (nSPS) is 16.4. The van der Waals surface area contributed by atoms with E-state index in [1.54, 1.807) is 3.59 Å². The second-order valence-corrected chi connectivity index (χ2v) is 20.0. The number of unbranched alkanes of at least 4 members (excludes halogenated alkanes) is 3. The zero-order chi connectivity index (χ0) is 14.8. The molecule has 0 spiro atoms. The molecule has 0 radical (unpaired) electrons. The number of carbonyl (C=O) groups excluding carboxylic acids is 1. The van der Waals surface area contributed by atoms with E-state index in [4.69, 9.17) is 0 Å². The molecule has 1 aliphatic carbocycles. The summed E-state index contributed by atoms with van der Waals surface area (Å²) in [7, 11) is 0. The summed E-state index contributed by atoms with van der Waals surface area (Å²) in [4.78, 5) is 11.9. The molecule has 0 unspecified atom stereocenters. The topological polar surface area (TPSA) is 17.1 Å². The fraction of sp³-hybridized carbons (Fsp3) is 0.833. The van der Waals surface area contributed by atoms with E-state index in [0.29, 0.717) is 5.78 Å². The van der Waals surface area contributed by atoms with Gasteiger partial charge in [0.1, 0.15) is 0 Å². The van der Waals surface area contributed by atoms with Gasteiger partial charge in [0.15, 0.2) is 0 Å². The number of allylic oxidation sites excluding steroid dienone is 2. The third kappa shape index (κ3) is 5.54. The first-order valence-electron chi connectivity index (χ1n) is 8.92. The van der Waals surface area contributed by atoms with Crippen LogP contribution in [0.15, 0.2) is 9.67 Å². The predicted molar refractivity (Wildman–Crippen MR) is 91.8 cm³/mol. The van der Waals surface area contributed by atoms with Crippen LogP contribution >= 0.6 is 0 Å². The number of carbonyl (C=O) groups is 1. The molecule has 0 N–H and O–H groups in total. The molecule has 0 bridgehead atoms. The van der Waals surface area contributed by atoms with Crippen LogP contribution in [0.3, 0.4) is 0 Å². The fourth-order valence-electron chi connectivity index (χ4n) is 3.61. The molecule has 0 aliphatic heterocycles. The summed E-state index contributed by atoms with van der Waals surface area (Å²) in [5.74, 6) is 0.428. The van der Waals surface area contributed by atoms with Crippen LogP contribution in [0.25, 0.3) is 0 Å². The summed E-state index contributed by atoms with van der Waals surface area (Å²) >= 11 is -2.23. The summed E-state index contributed by atoms with van der Waals surface area (Å²) in [5.41, 5.74) is 0. The molecule has 1 rings (SSSR count). The third-order valence-electron chi connectivity index (χ3n) is 4.91. The number of hydrogen-bond acceptors (Lipinski definition) is 1. The Morgan fingerprint density at radius 2 is 1.40 bits per heavy atom. The van der Waals surface area contributed by atoms with E-state index in [9.17, 15) is 4.79 Å². The Balaban J connectivity index is 2.94. The van der Waals surface area contributed by atoms with Gasteiger partial charge < -0.3 is 0 Å². The van der Waals surface area contributed by atoms with Crippen LogP contribution in [0.5, 0.6) is 0 Å². The SMILES string of the molecule is CCC[CH2][Sn]([CH2]CCC)([CH2]CCC)[C]1=CC(=O)CCC1. The van der Waals surface area contributed by atoms with Gasteiger partial charge in [-0.3, -0.25) is 0 Å². The molecule has 0 aromatic heterocycles. The number of rotatable bonds is 10. The van der Waals surface area contributed by atoms with Gasteiger partial charge in [0.25, 0.3) is 0 Å². The Morgan fingerprint density at radius 1 is 0.900 bits per heavy atom. The first kappa shape index (κ1) is 18.3. The quantitative estimate of drug-likeness (QED) is 0.418. The van der Waals surface area contributed by atoms with E-state index in [2.05, 4.69) is 26.8 Å². The molecule has 0 fully saturated rings. The second kappa shape index (κ2) is 10.0. The Bertz CT molecular complexity index is 298. The average molecular weight is 385 g/mol. The summed E-state index contributed by atoms with van der Waals surface area (Å²) in [6, 6.07) is 0. The van der Waals surface area contributed by atoms with Crippen molar-refractivity contribution in [3.8, 4) is 0 Å². The van der Waals surface area contributed by atoms with Crippen molar-refractivity contribution in [3.63, 3.8) is 0 Å². The van der Waals surface area contributed by atoms with Crippen LogP contribution in [0.2, 0.25) is 13.3 Å². The Morgan fingerprint density at radius 3 is 1.80 bits per heavy atom. The van der Waals surface area contributed by atoms with Crippen molar-refractivity contribution in [2.45, 2.75) is 91.9 Å². The monoisotopic (exact) mass is 386 g/mol. The van der Waals surface area contributed by atoms with E-state index in [1.165, 1.54) is 58.3 Å². The van der Waals surface area contributed by atoms with Gasteiger partial charge in [0.05, 0.1) is 0 Å². The van der Waals surface area contributed by atoms with Gasteiger partial charge in [-0.25, -0.2) is 0 Å². The molecule has 2 heteroatoms. The van der Waals surface area contributed by atoms with E-state index >= 15 is 0 Å². The summed E-state index contributed by atoms with van der Waals surface area (Å²) in [6.07, 6.45) is 13.5. The zero-order valence-electron chi connectivity index (χ0n) is 14.0. The van der Waals surface area contributed by atoms with E-state index in [-0.39, 0.29) is 0 Å². The van der Waals surface area contributed by atoms with E-state index < -0.39 is 18.4 Å². The fourth-order valence-corrected chi connectivity index (χ4v) is 20.7. The maximum atomic E-state index is 11.9. The van der Waals surface area contributed by atoms with Crippen molar-refractivity contribution in [3.05, 3.63) is 9.67 Å². The maximum absolute atomic E-state index is 11.9. The van der Waals surface area contributed by atoms with Crippen LogP contribution in [0.1, 0.15) is 78.6 Å². The van der Waals surface area contributed by atoms with Crippen LogP contribution in [-0.2, 0) is 4.79 Å². The van der Waals surface area contributed by atoms with E-state index in [0.717, 1.165) is 12.8 Å². The first-order valence-corrected chi connectivity index (χ1v) is 16.4. The first-order chi connectivity index (χ1) is 9.68. The Kier molecular flexibility index (Phi) is 9.15. The predicted octanol–water partition coefficient (Wildman–Crippen LogP) is 6.05. The molecule has 0 heterocycles. The number of ketones is 1.